The summed E-state index contributed by atoms with van der Waals surface area (Å²) < 4.78 is 38.0. The van der Waals surface area contributed by atoms with Crippen LogP contribution in [0.25, 0.3) is 0 Å². The van der Waals surface area contributed by atoms with Gasteiger partial charge < -0.3 is 5.11 Å². The summed E-state index contributed by atoms with van der Waals surface area (Å²) in [6, 6.07) is 4.34. The van der Waals surface area contributed by atoms with E-state index >= 15 is 0 Å². The molecule has 0 saturated carbocycles. The Hall–Kier alpha value is -0.620. The third kappa shape index (κ3) is 3.46. The van der Waals surface area contributed by atoms with Crippen LogP contribution in [0.2, 0.25) is 0 Å². The van der Waals surface area contributed by atoms with Gasteiger partial charge in [0.1, 0.15) is 4.60 Å². The van der Waals surface area contributed by atoms with Crippen molar-refractivity contribution in [3.63, 3.8) is 0 Å². The van der Waals surface area contributed by atoms with Crippen molar-refractivity contribution in [2.24, 2.45) is 0 Å². The zero-order valence-electron chi connectivity index (χ0n) is 7.63. The molecule has 15 heavy (non-hydrogen) atoms. The molecule has 0 saturated heterocycles. The fraction of sp³-hybridized carbons (Fsp3) is 0.444. The molecular formula is C9H9BrF3NO. The van der Waals surface area contributed by atoms with Crippen LogP contribution in [-0.4, -0.2) is 22.9 Å². The van der Waals surface area contributed by atoms with Crippen molar-refractivity contribution in [3.05, 3.63) is 28.5 Å². The van der Waals surface area contributed by atoms with Crippen molar-refractivity contribution < 1.29 is 18.3 Å². The van der Waals surface area contributed by atoms with Gasteiger partial charge in [-0.25, -0.2) is 4.98 Å². The Bertz CT molecular complexity index is 329. The minimum atomic E-state index is -4.38. The predicted molar refractivity (Wildman–Crippen MR) is 52.4 cm³/mol. The number of halogens is 4. The van der Waals surface area contributed by atoms with Crippen LogP contribution in [-0.2, 0) is 0 Å². The van der Waals surface area contributed by atoms with E-state index in [0.717, 1.165) is 0 Å². The molecule has 2 nitrogen and oxygen atoms in total. The van der Waals surface area contributed by atoms with E-state index in [9.17, 15) is 13.2 Å². The van der Waals surface area contributed by atoms with Crippen LogP contribution in [0.1, 0.15) is 18.0 Å². The van der Waals surface area contributed by atoms with Crippen molar-refractivity contribution in [2.45, 2.75) is 18.5 Å². The summed E-state index contributed by atoms with van der Waals surface area (Å²) in [6.45, 7) is -0.516. The number of nitrogens with zero attached hydrogens (tertiary/aromatic N) is 1. The molecule has 0 amide bonds. The van der Waals surface area contributed by atoms with Crippen molar-refractivity contribution in [3.8, 4) is 0 Å². The van der Waals surface area contributed by atoms with E-state index in [2.05, 4.69) is 20.9 Å². The summed E-state index contributed by atoms with van der Waals surface area (Å²) >= 11 is 3.01. The molecule has 6 heteroatoms. The topological polar surface area (TPSA) is 33.1 Å². The molecule has 0 bridgehead atoms. The van der Waals surface area contributed by atoms with Gasteiger partial charge in [0.2, 0.25) is 0 Å². The molecule has 1 heterocycles. The molecule has 1 N–H and O–H groups in total. The zero-order chi connectivity index (χ0) is 11.5. The maximum absolute atomic E-state index is 12.6. The number of aliphatic hydroxyl groups is 1. The molecule has 0 radical (unpaired) electrons. The summed E-state index contributed by atoms with van der Waals surface area (Å²) in [4.78, 5) is 3.74. The van der Waals surface area contributed by atoms with E-state index in [-0.39, 0.29) is 12.1 Å². The van der Waals surface area contributed by atoms with Crippen LogP contribution in [0.4, 0.5) is 13.2 Å². The molecule has 1 rings (SSSR count). The van der Waals surface area contributed by atoms with Crippen LogP contribution < -0.4 is 0 Å². The van der Waals surface area contributed by atoms with Gasteiger partial charge >= 0.3 is 6.18 Å². The summed E-state index contributed by atoms with van der Waals surface area (Å²) in [5.41, 5.74) is -0.0778. The molecular weight excluding hydrogens is 275 g/mol. The van der Waals surface area contributed by atoms with Crippen molar-refractivity contribution in [2.75, 3.05) is 6.61 Å². The molecule has 84 valence electrons. The Balaban J connectivity index is 2.99. The molecule has 0 aliphatic rings. The van der Waals surface area contributed by atoms with Crippen molar-refractivity contribution in [1.82, 2.24) is 4.98 Å². The quantitative estimate of drug-likeness (QED) is 0.866. The van der Waals surface area contributed by atoms with Crippen molar-refractivity contribution in [1.29, 1.82) is 0 Å². The van der Waals surface area contributed by atoms with Gasteiger partial charge in [0.15, 0.2) is 0 Å². The second-order valence-electron chi connectivity index (χ2n) is 2.99. The number of hydrogen-bond acceptors (Lipinski definition) is 2. The Morgan fingerprint density at radius 2 is 2.07 bits per heavy atom. The Morgan fingerprint density at radius 1 is 1.40 bits per heavy atom. The second-order valence-corrected chi connectivity index (χ2v) is 3.80. The fourth-order valence-corrected chi connectivity index (χ4v) is 1.58. The fourth-order valence-electron chi connectivity index (χ4n) is 1.23. The minimum Gasteiger partial charge on any atom is -0.396 e. The lowest BCUT2D eigenvalue weighted by Crippen LogP contribution is -2.22. The van der Waals surface area contributed by atoms with Crippen LogP contribution in [0, 0.1) is 0 Å². The Labute approximate surface area is 93.3 Å². The molecule has 0 spiro atoms. The summed E-state index contributed by atoms with van der Waals surface area (Å²) in [7, 11) is 0. The zero-order valence-corrected chi connectivity index (χ0v) is 9.22. The largest absolute Gasteiger partial charge is 0.397 e. The smallest absolute Gasteiger partial charge is 0.396 e. The molecule has 0 aliphatic heterocycles. The van der Waals surface area contributed by atoms with E-state index in [1.54, 1.807) is 6.07 Å². The molecule has 1 aromatic heterocycles. The van der Waals surface area contributed by atoms with Gasteiger partial charge in [0.05, 0.1) is 11.6 Å². The molecule has 1 atom stereocenters. The molecule has 0 aliphatic carbocycles. The van der Waals surface area contributed by atoms with E-state index < -0.39 is 18.7 Å². The number of aliphatic hydroxyl groups excluding tert-OH is 1. The normalized spacial score (nSPS) is 13.9. The van der Waals surface area contributed by atoms with Crippen LogP contribution in [0.5, 0.6) is 0 Å². The number of pyridine rings is 1. The average Bonchev–Trinajstić information content (AvgIpc) is 2.12. The Kier molecular flexibility index (Phi) is 4.10. The molecule has 1 aromatic rings. The number of alkyl halides is 3. The van der Waals surface area contributed by atoms with Gasteiger partial charge in [0.25, 0.3) is 0 Å². The highest BCUT2D eigenvalue weighted by molar-refractivity contribution is 9.10. The number of rotatable bonds is 3. The van der Waals surface area contributed by atoms with E-state index in [1.807, 2.05) is 0 Å². The van der Waals surface area contributed by atoms with Crippen LogP contribution in [0.15, 0.2) is 22.8 Å². The molecule has 1 unspecified atom stereocenters. The van der Waals surface area contributed by atoms with Gasteiger partial charge in [-0.05, 0) is 34.5 Å². The van der Waals surface area contributed by atoms with Gasteiger partial charge in [-0.15, -0.1) is 0 Å². The van der Waals surface area contributed by atoms with Crippen LogP contribution in [0.3, 0.4) is 0 Å². The van der Waals surface area contributed by atoms with Gasteiger partial charge in [-0.1, -0.05) is 6.07 Å². The summed E-state index contributed by atoms with van der Waals surface area (Å²) in [5, 5.41) is 8.59. The van der Waals surface area contributed by atoms with E-state index in [0.29, 0.717) is 4.60 Å². The standard InChI is InChI=1S/C9H9BrF3NO/c10-8-3-1-2-7(14-8)6(4-5-15)9(11,12)13/h1-3,6,15H,4-5H2. The first kappa shape index (κ1) is 12.4. The van der Waals surface area contributed by atoms with Crippen LogP contribution >= 0.6 is 15.9 Å². The highest BCUT2D eigenvalue weighted by atomic mass is 79.9. The number of aromatic nitrogens is 1. The first-order chi connectivity index (χ1) is 6.95. The summed E-state index contributed by atoms with van der Waals surface area (Å²) in [6.07, 6.45) is -4.75. The minimum absolute atomic E-state index is 0.0778. The maximum Gasteiger partial charge on any atom is 0.397 e. The highest BCUT2D eigenvalue weighted by Crippen LogP contribution is 2.36. The lowest BCUT2D eigenvalue weighted by atomic mass is 10.0. The monoisotopic (exact) mass is 283 g/mol. The predicted octanol–water partition coefficient (Wildman–Crippen LogP) is 2.87. The first-order valence-electron chi connectivity index (χ1n) is 4.25. The average molecular weight is 284 g/mol. The molecule has 0 aromatic carbocycles. The lowest BCUT2D eigenvalue weighted by Gasteiger charge is -2.18. The highest BCUT2D eigenvalue weighted by Gasteiger charge is 2.41. The third-order valence-corrected chi connectivity index (χ3v) is 2.35. The maximum atomic E-state index is 12.6. The van der Waals surface area contributed by atoms with Gasteiger partial charge in [-0.2, -0.15) is 13.2 Å². The van der Waals surface area contributed by atoms with Gasteiger partial charge in [0, 0.05) is 6.61 Å². The van der Waals surface area contributed by atoms with Crippen molar-refractivity contribution >= 4 is 15.9 Å². The number of hydrogen-bond donors (Lipinski definition) is 1. The second kappa shape index (κ2) is 4.94. The van der Waals surface area contributed by atoms with E-state index in [1.165, 1.54) is 12.1 Å². The summed E-state index contributed by atoms with van der Waals surface area (Å²) in [5.74, 6) is -1.71. The van der Waals surface area contributed by atoms with E-state index in [4.69, 9.17) is 5.11 Å². The SMILES string of the molecule is OCCC(c1cccc(Br)n1)C(F)(F)F. The Morgan fingerprint density at radius 3 is 2.53 bits per heavy atom. The first-order valence-corrected chi connectivity index (χ1v) is 5.04. The molecule has 0 fully saturated rings. The lowest BCUT2D eigenvalue weighted by molar-refractivity contribution is -0.154. The third-order valence-electron chi connectivity index (χ3n) is 1.91. The van der Waals surface area contributed by atoms with Gasteiger partial charge in [-0.3, -0.25) is 0 Å².